The second-order valence-corrected chi connectivity index (χ2v) is 9.29. The van der Waals surface area contributed by atoms with Gasteiger partial charge in [-0.25, -0.2) is 0 Å². The Kier molecular flexibility index (Phi) is 10.0. The van der Waals surface area contributed by atoms with Gasteiger partial charge in [0.05, 0.1) is 5.25 Å². The molecule has 0 aromatic heterocycles. The maximum absolute atomic E-state index is 11.9. The van der Waals surface area contributed by atoms with Crippen molar-refractivity contribution < 1.29 is 27.9 Å². The van der Waals surface area contributed by atoms with Gasteiger partial charge in [0.25, 0.3) is 10.1 Å². The van der Waals surface area contributed by atoms with E-state index in [0.717, 1.165) is 30.4 Å². The van der Waals surface area contributed by atoms with E-state index in [4.69, 9.17) is 4.74 Å². The number of aromatic hydroxyl groups is 2. The largest absolute Gasteiger partial charge is 0.508 e. The Hall–Kier alpha value is -2.35. The molecular weight excluding hydrogens is 416 g/mol. The van der Waals surface area contributed by atoms with E-state index < -0.39 is 15.4 Å². The van der Waals surface area contributed by atoms with Gasteiger partial charge in [0, 0.05) is 6.61 Å². The Morgan fingerprint density at radius 1 is 0.968 bits per heavy atom. The summed E-state index contributed by atoms with van der Waals surface area (Å²) in [5.41, 5.74) is 1.75. The molecule has 0 saturated carbocycles. The number of allylic oxidation sites excluding steroid dienone is 1. The maximum atomic E-state index is 11.9. The lowest BCUT2D eigenvalue weighted by Crippen LogP contribution is -2.20. The second-order valence-electron chi connectivity index (χ2n) is 7.60. The monoisotopic (exact) mass is 448 g/mol. The van der Waals surface area contributed by atoms with Crippen molar-refractivity contribution in [1.82, 2.24) is 0 Å². The van der Waals surface area contributed by atoms with E-state index in [0.29, 0.717) is 13.0 Å². The van der Waals surface area contributed by atoms with Crippen molar-refractivity contribution in [2.24, 2.45) is 0 Å². The first-order valence-electron chi connectivity index (χ1n) is 10.6. The number of hydrogen-bond acceptors (Lipinski definition) is 5. The highest BCUT2D eigenvalue weighted by molar-refractivity contribution is 7.86. The normalized spacial score (nSPS) is 14.0. The highest BCUT2D eigenvalue weighted by Gasteiger charge is 2.21. The molecule has 7 heteroatoms. The van der Waals surface area contributed by atoms with Gasteiger partial charge in [0.2, 0.25) is 0 Å². The minimum atomic E-state index is -4.21. The lowest BCUT2D eigenvalue weighted by atomic mass is 10.0. The summed E-state index contributed by atoms with van der Waals surface area (Å²) in [6.45, 7) is 2.69. The molecule has 0 fully saturated rings. The van der Waals surface area contributed by atoms with E-state index in [-0.39, 0.29) is 30.4 Å². The molecule has 2 aromatic carbocycles. The Morgan fingerprint density at radius 3 is 2.16 bits per heavy atom. The molecule has 2 aromatic rings. The Morgan fingerprint density at radius 2 is 1.58 bits per heavy atom. The molecule has 0 heterocycles. The summed E-state index contributed by atoms with van der Waals surface area (Å²) in [4.78, 5) is 0. The average molecular weight is 449 g/mol. The predicted molar refractivity (Wildman–Crippen MR) is 122 cm³/mol. The van der Waals surface area contributed by atoms with Crippen LogP contribution in [0.1, 0.15) is 56.3 Å². The van der Waals surface area contributed by atoms with E-state index in [1.165, 1.54) is 0 Å². The summed E-state index contributed by atoms with van der Waals surface area (Å²) < 4.78 is 39.3. The molecular formula is C24H32O6S. The number of unbranched alkanes of at least 4 members (excludes halogenated alkanes) is 2. The van der Waals surface area contributed by atoms with Gasteiger partial charge in [0.15, 0.2) is 0 Å². The van der Waals surface area contributed by atoms with Gasteiger partial charge in [0.1, 0.15) is 17.6 Å². The van der Waals surface area contributed by atoms with Crippen LogP contribution in [-0.2, 0) is 21.3 Å². The number of phenols is 2. The van der Waals surface area contributed by atoms with Gasteiger partial charge in [-0.15, -0.1) is 0 Å². The van der Waals surface area contributed by atoms with Crippen LogP contribution >= 0.6 is 0 Å². The van der Waals surface area contributed by atoms with Crippen LogP contribution in [0, 0.1) is 0 Å². The standard InChI is InChI=1S/C24H32O6S/c1-2-3-4-18-30-24(20-11-15-22(26)16-12-20)7-5-6-23(31(27,28)29)17-10-19-8-13-21(25)14-9-19/h5,7-9,11-16,23-26H,2-4,6,10,17-18H2,1H3,(H,27,28,29)/t23-,24+/m0/s1. The number of benzene rings is 2. The first-order valence-corrected chi connectivity index (χ1v) is 12.1. The van der Waals surface area contributed by atoms with Crippen LogP contribution in [0.5, 0.6) is 11.5 Å². The highest BCUT2D eigenvalue weighted by Crippen LogP contribution is 2.23. The second kappa shape index (κ2) is 12.5. The fourth-order valence-electron chi connectivity index (χ4n) is 3.22. The summed E-state index contributed by atoms with van der Waals surface area (Å²) in [6.07, 6.45) is 7.13. The third-order valence-corrected chi connectivity index (χ3v) is 6.36. The number of aryl methyl sites for hydroxylation is 1. The van der Waals surface area contributed by atoms with Crippen molar-refractivity contribution in [2.75, 3.05) is 6.61 Å². The number of hydrogen-bond donors (Lipinski definition) is 3. The predicted octanol–water partition coefficient (Wildman–Crippen LogP) is 5.18. The SMILES string of the molecule is CCCCCO[C@H](C=CC[C@@H](CCc1ccc(O)cc1)S(=O)(=O)O)c1ccc(O)cc1. The molecule has 0 bridgehead atoms. The van der Waals surface area contributed by atoms with E-state index in [9.17, 15) is 23.2 Å². The van der Waals surface area contributed by atoms with E-state index in [2.05, 4.69) is 6.92 Å². The number of phenolic OH excluding ortho intramolecular Hbond substituents is 2. The molecule has 0 aliphatic carbocycles. The van der Waals surface area contributed by atoms with Crippen LogP contribution in [0.3, 0.4) is 0 Å². The summed E-state index contributed by atoms with van der Waals surface area (Å²) in [5, 5.41) is 18.0. The topological polar surface area (TPSA) is 104 Å². The number of ether oxygens (including phenoxy) is 1. The van der Waals surface area contributed by atoms with E-state index >= 15 is 0 Å². The first kappa shape index (κ1) is 24.9. The van der Waals surface area contributed by atoms with Crippen LogP contribution < -0.4 is 0 Å². The molecule has 2 atom stereocenters. The zero-order valence-electron chi connectivity index (χ0n) is 17.9. The zero-order valence-corrected chi connectivity index (χ0v) is 18.7. The Balaban J connectivity index is 2.04. The van der Waals surface area contributed by atoms with Crippen molar-refractivity contribution in [3.8, 4) is 11.5 Å². The van der Waals surface area contributed by atoms with Crippen LogP contribution in [-0.4, -0.2) is 35.0 Å². The van der Waals surface area contributed by atoms with E-state index in [1.54, 1.807) is 60.7 Å². The van der Waals surface area contributed by atoms with Gasteiger partial charge in [-0.05, 0) is 61.1 Å². The third-order valence-electron chi connectivity index (χ3n) is 5.09. The molecule has 2 rings (SSSR count). The van der Waals surface area contributed by atoms with Crippen molar-refractivity contribution in [3.05, 3.63) is 71.8 Å². The smallest absolute Gasteiger partial charge is 0.268 e. The van der Waals surface area contributed by atoms with Crippen LogP contribution in [0.4, 0.5) is 0 Å². The quantitative estimate of drug-likeness (QED) is 0.222. The third kappa shape index (κ3) is 9.12. The molecule has 0 radical (unpaired) electrons. The molecule has 31 heavy (non-hydrogen) atoms. The summed E-state index contributed by atoms with van der Waals surface area (Å²) in [7, 11) is -4.21. The fraction of sp³-hybridized carbons (Fsp3) is 0.417. The van der Waals surface area contributed by atoms with Crippen LogP contribution in [0.25, 0.3) is 0 Å². The summed E-state index contributed by atoms with van der Waals surface area (Å²) in [5.74, 6) is 0.315. The highest BCUT2D eigenvalue weighted by atomic mass is 32.2. The molecule has 3 N–H and O–H groups in total. The molecule has 0 amide bonds. The van der Waals surface area contributed by atoms with Crippen molar-refractivity contribution in [1.29, 1.82) is 0 Å². The molecule has 0 aliphatic rings. The molecule has 0 aliphatic heterocycles. The zero-order chi connectivity index (χ0) is 22.7. The van der Waals surface area contributed by atoms with Gasteiger partial charge >= 0.3 is 0 Å². The minimum Gasteiger partial charge on any atom is -0.508 e. The molecule has 0 unspecified atom stereocenters. The maximum Gasteiger partial charge on any atom is 0.268 e. The number of rotatable bonds is 13. The summed E-state index contributed by atoms with van der Waals surface area (Å²) in [6, 6.07) is 13.3. The fourth-order valence-corrected chi connectivity index (χ4v) is 3.99. The van der Waals surface area contributed by atoms with Crippen LogP contribution in [0.15, 0.2) is 60.7 Å². The molecule has 170 valence electrons. The lowest BCUT2D eigenvalue weighted by Gasteiger charge is -2.16. The van der Waals surface area contributed by atoms with Crippen LogP contribution in [0.2, 0.25) is 0 Å². The van der Waals surface area contributed by atoms with Gasteiger partial charge in [-0.2, -0.15) is 8.42 Å². The molecule has 0 spiro atoms. The van der Waals surface area contributed by atoms with Crippen molar-refractivity contribution in [2.45, 2.75) is 56.8 Å². The summed E-state index contributed by atoms with van der Waals surface area (Å²) >= 11 is 0. The molecule has 0 saturated heterocycles. The van der Waals surface area contributed by atoms with Crippen molar-refractivity contribution >= 4 is 10.1 Å². The van der Waals surface area contributed by atoms with Gasteiger partial charge < -0.3 is 14.9 Å². The van der Waals surface area contributed by atoms with Crippen molar-refractivity contribution in [3.63, 3.8) is 0 Å². The Labute approximate surface area is 185 Å². The van der Waals surface area contributed by atoms with Gasteiger partial charge in [-0.1, -0.05) is 56.2 Å². The lowest BCUT2D eigenvalue weighted by molar-refractivity contribution is 0.0819. The first-order chi connectivity index (χ1) is 14.8. The van der Waals surface area contributed by atoms with Gasteiger partial charge in [-0.3, -0.25) is 4.55 Å². The average Bonchev–Trinajstić information content (AvgIpc) is 2.73. The molecule has 6 nitrogen and oxygen atoms in total. The Bertz CT molecular complexity index is 904. The minimum absolute atomic E-state index is 0.150. The van der Waals surface area contributed by atoms with E-state index in [1.807, 2.05) is 0 Å².